The Morgan fingerprint density at radius 3 is 2.76 bits per heavy atom. The number of benzene rings is 1. The first-order chi connectivity index (χ1) is 11.5. The summed E-state index contributed by atoms with van der Waals surface area (Å²) in [5.41, 5.74) is 0.0617. The molecule has 1 aromatic rings. The molecule has 0 aromatic heterocycles. The number of nitrogens with zero attached hydrogens (tertiary/aromatic N) is 1. The maximum atomic E-state index is 12.7. The van der Waals surface area contributed by atoms with Gasteiger partial charge in [0.25, 0.3) is 0 Å². The van der Waals surface area contributed by atoms with E-state index in [0.717, 1.165) is 6.42 Å². The molecule has 0 bridgehead atoms. The second-order valence-electron chi connectivity index (χ2n) is 7.23. The maximum Gasteiger partial charge on any atom is 0.407 e. The molecule has 1 saturated heterocycles. The lowest BCUT2D eigenvalue weighted by Gasteiger charge is -2.32. The van der Waals surface area contributed by atoms with E-state index in [9.17, 15) is 13.2 Å². The average Bonchev–Trinajstić information content (AvgIpc) is 2.45. The van der Waals surface area contributed by atoms with Gasteiger partial charge in [0.15, 0.2) is 0 Å². The fourth-order valence-corrected chi connectivity index (χ4v) is 4.53. The molecule has 1 aliphatic rings. The quantitative estimate of drug-likeness (QED) is 0.859. The molecule has 0 spiro atoms. The number of amides is 1. The molecular weight excluding hydrogens is 364 g/mol. The zero-order valence-corrected chi connectivity index (χ0v) is 16.4. The summed E-state index contributed by atoms with van der Waals surface area (Å²) in [7, 11) is -3.47. The van der Waals surface area contributed by atoms with E-state index in [1.807, 2.05) is 0 Å². The van der Waals surface area contributed by atoms with Gasteiger partial charge in [0.2, 0.25) is 10.0 Å². The van der Waals surface area contributed by atoms with Crippen LogP contribution < -0.4 is 5.32 Å². The minimum Gasteiger partial charge on any atom is -0.444 e. The molecule has 0 saturated carbocycles. The van der Waals surface area contributed by atoms with Crippen molar-refractivity contribution in [1.82, 2.24) is 9.62 Å². The highest BCUT2D eigenvalue weighted by atomic mass is 35.5. The van der Waals surface area contributed by atoms with Gasteiger partial charge in [-0.3, -0.25) is 0 Å². The predicted molar refractivity (Wildman–Crippen MR) is 98.0 cm³/mol. The topological polar surface area (TPSA) is 75.7 Å². The van der Waals surface area contributed by atoms with Crippen LogP contribution in [0.15, 0.2) is 24.3 Å². The molecule has 1 fully saturated rings. The van der Waals surface area contributed by atoms with Crippen LogP contribution in [-0.4, -0.2) is 43.5 Å². The fourth-order valence-electron chi connectivity index (χ4n) is 2.72. The summed E-state index contributed by atoms with van der Waals surface area (Å²) >= 11 is 5.92. The summed E-state index contributed by atoms with van der Waals surface area (Å²) in [6.07, 6.45) is 0.893. The van der Waals surface area contributed by atoms with Crippen molar-refractivity contribution >= 4 is 27.7 Å². The Morgan fingerprint density at radius 1 is 1.40 bits per heavy atom. The van der Waals surface area contributed by atoms with Crippen molar-refractivity contribution in [1.29, 1.82) is 0 Å². The molecule has 6 nitrogen and oxygen atoms in total. The van der Waals surface area contributed by atoms with Crippen molar-refractivity contribution in [2.75, 3.05) is 13.1 Å². The van der Waals surface area contributed by atoms with Crippen LogP contribution in [0.3, 0.4) is 0 Å². The third-order valence-electron chi connectivity index (χ3n) is 3.74. The molecule has 0 aliphatic carbocycles. The second-order valence-corrected chi connectivity index (χ2v) is 9.63. The van der Waals surface area contributed by atoms with Gasteiger partial charge in [-0.05, 0) is 51.3 Å². The van der Waals surface area contributed by atoms with Crippen LogP contribution in [0.4, 0.5) is 4.79 Å². The number of halogens is 1. The van der Waals surface area contributed by atoms with Crippen LogP contribution in [0.25, 0.3) is 0 Å². The number of carbonyl (C=O) groups excluding carboxylic acids is 1. The summed E-state index contributed by atoms with van der Waals surface area (Å²) in [6, 6.07) is 6.58. The Labute approximate surface area is 154 Å². The molecule has 1 amide bonds. The van der Waals surface area contributed by atoms with Crippen LogP contribution in [0.5, 0.6) is 0 Å². The van der Waals surface area contributed by atoms with Crippen molar-refractivity contribution in [3.05, 3.63) is 34.9 Å². The van der Waals surface area contributed by atoms with E-state index in [1.54, 1.807) is 45.0 Å². The lowest BCUT2D eigenvalue weighted by Crippen LogP contribution is -2.50. The molecule has 140 valence electrons. The Kier molecular flexibility index (Phi) is 6.35. The summed E-state index contributed by atoms with van der Waals surface area (Å²) < 4.78 is 32.0. The normalized spacial score (nSPS) is 19.4. The summed E-state index contributed by atoms with van der Waals surface area (Å²) in [6.45, 7) is 6.07. The largest absolute Gasteiger partial charge is 0.444 e. The highest BCUT2D eigenvalue weighted by Gasteiger charge is 2.30. The van der Waals surface area contributed by atoms with Gasteiger partial charge in [-0.15, -0.1) is 0 Å². The van der Waals surface area contributed by atoms with Gasteiger partial charge in [-0.25, -0.2) is 13.2 Å². The van der Waals surface area contributed by atoms with Crippen LogP contribution in [0.2, 0.25) is 5.02 Å². The fraction of sp³-hybridized carbons (Fsp3) is 0.588. The highest BCUT2D eigenvalue weighted by Crippen LogP contribution is 2.20. The first kappa shape index (κ1) is 20.0. The Bertz CT molecular complexity index is 716. The Balaban J connectivity index is 1.98. The van der Waals surface area contributed by atoms with Gasteiger partial charge in [-0.2, -0.15) is 4.31 Å². The van der Waals surface area contributed by atoms with Crippen molar-refractivity contribution in [3.8, 4) is 0 Å². The van der Waals surface area contributed by atoms with Crippen LogP contribution >= 0.6 is 11.6 Å². The highest BCUT2D eigenvalue weighted by molar-refractivity contribution is 7.88. The Morgan fingerprint density at radius 2 is 2.12 bits per heavy atom. The lowest BCUT2D eigenvalue weighted by atomic mass is 10.1. The molecule has 8 heteroatoms. The van der Waals surface area contributed by atoms with Crippen molar-refractivity contribution in [3.63, 3.8) is 0 Å². The minimum atomic E-state index is -3.47. The lowest BCUT2D eigenvalue weighted by molar-refractivity contribution is 0.0487. The average molecular weight is 389 g/mol. The summed E-state index contributed by atoms with van der Waals surface area (Å²) in [5, 5.41) is 3.27. The van der Waals surface area contributed by atoms with Crippen molar-refractivity contribution in [2.45, 2.75) is 51.0 Å². The van der Waals surface area contributed by atoms with Gasteiger partial charge < -0.3 is 10.1 Å². The number of piperidine rings is 1. The minimum absolute atomic E-state index is 0.104. The van der Waals surface area contributed by atoms with Gasteiger partial charge in [-0.1, -0.05) is 23.7 Å². The van der Waals surface area contributed by atoms with Crippen LogP contribution in [-0.2, 0) is 20.5 Å². The molecule has 1 aliphatic heterocycles. The van der Waals surface area contributed by atoms with Gasteiger partial charge in [0.05, 0.1) is 5.75 Å². The molecule has 1 unspecified atom stereocenters. The number of hydrogen-bond donors (Lipinski definition) is 1. The monoisotopic (exact) mass is 388 g/mol. The molecule has 1 N–H and O–H groups in total. The molecule has 0 radical (unpaired) electrons. The summed E-state index contributed by atoms with van der Waals surface area (Å²) in [5.74, 6) is -0.104. The van der Waals surface area contributed by atoms with Gasteiger partial charge >= 0.3 is 6.09 Å². The van der Waals surface area contributed by atoms with Crippen LogP contribution in [0.1, 0.15) is 39.2 Å². The number of nitrogens with one attached hydrogen (secondary N) is 1. The number of rotatable bonds is 4. The second kappa shape index (κ2) is 7.93. The van der Waals surface area contributed by atoms with E-state index in [-0.39, 0.29) is 18.3 Å². The van der Waals surface area contributed by atoms with E-state index in [1.165, 1.54) is 4.31 Å². The number of ether oxygens (including phenoxy) is 1. The third kappa shape index (κ3) is 6.49. The SMILES string of the molecule is CC(C)(C)OC(=O)NC1CCCN(S(=O)(=O)Cc2cccc(Cl)c2)C1. The molecule has 1 heterocycles. The van der Waals surface area contributed by atoms with Gasteiger partial charge in [0, 0.05) is 24.2 Å². The Hall–Kier alpha value is -1.31. The van der Waals surface area contributed by atoms with Gasteiger partial charge in [0.1, 0.15) is 5.60 Å². The van der Waals surface area contributed by atoms with Crippen LogP contribution in [0, 0.1) is 0 Å². The standard InChI is InChI=1S/C17H25ClN2O4S/c1-17(2,3)24-16(21)19-15-8-5-9-20(11-15)25(22,23)12-13-6-4-7-14(18)10-13/h4,6-7,10,15H,5,8-9,11-12H2,1-3H3,(H,19,21). The third-order valence-corrected chi connectivity index (χ3v) is 5.79. The van der Waals surface area contributed by atoms with Crippen molar-refractivity contribution < 1.29 is 17.9 Å². The first-order valence-corrected chi connectivity index (χ1v) is 10.3. The maximum absolute atomic E-state index is 12.7. The number of alkyl carbamates (subject to hydrolysis) is 1. The molecule has 2 rings (SSSR count). The van der Waals surface area contributed by atoms with Crippen molar-refractivity contribution in [2.24, 2.45) is 0 Å². The first-order valence-electron chi connectivity index (χ1n) is 8.27. The van der Waals surface area contributed by atoms with E-state index in [0.29, 0.717) is 23.6 Å². The zero-order chi connectivity index (χ0) is 18.7. The molecular formula is C17H25ClN2O4S. The number of hydrogen-bond acceptors (Lipinski definition) is 4. The van der Waals surface area contributed by atoms with E-state index < -0.39 is 21.7 Å². The molecule has 1 aromatic carbocycles. The molecule has 1 atom stereocenters. The number of sulfonamides is 1. The smallest absolute Gasteiger partial charge is 0.407 e. The zero-order valence-electron chi connectivity index (χ0n) is 14.8. The predicted octanol–water partition coefficient (Wildman–Crippen LogP) is 3.16. The van der Waals surface area contributed by atoms with E-state index >= 15 is 0 Å². The van der Waals surface area contributed by atoms with E-state index in [2.05, 4.69) is 5.32 Å². The summed E-state index contributed by atoms with van der Waals surface area (Å²) in [4.78, 5) is 11.9. The van der Waals surface area contributed by atoms with E-state index in [4.69, 9.17) is 16.3 Å². The molecule has 25 heavy (non-hydrogen) atoms. The number of carbonyl (C=O) groups is 1.